The number of nitrogens with zero attached hydrogens (tertiary/aromatic N) is 2. The highest BCUT2D eigenvalue weighted by molar-refractivity contribution is 5.91. The Kier molecular flexibility index (Phi) is 4.48. The fourth-order valence-electron chi connectivity index (χ4n) is 3.03. The Labute approximate surface area is 152 Å². The number of fused-ring (bicyclic) bond motifs is 1. The van der Waals surface area contributed by atoms with E-state index in [2.05, 4.69) is 63.8 Å². The van der Waals surface area contributed by atoms with Gasteiger partial charge in [0.1, 0.15) is 12.1 Å². The summed E-state index contributed by atoms with van der Waals surface area (Å²) in [6, 6.07) is 24.8. The second-order valence-electron chi connectivity index (χ2n) is 6.24. The quantitative estimate of drug-likeness (QED) is 0.524. The van der Waals surface area contributed by atoms with E-state index < -0.39 is 0 Å². The number of nitrogen functional groups attached to an aromatic ring is 1. The van der Waals surface area contributed by atoms with Gasteiger partial charge in [-0.15, -0.1) is 0 Å². The molecule has 26 heavy (non-hydrogen) atoms. The van der Waals surface area contributed by atoms with Gasteiger partial charge in [-0.25, -0.2) is 9.97 Å². The lowest BCUT2D eigenvalue weighted by molar-refractivity contribution is 1.01. The molecule has 4 aromatic rings. The summed E-state index contributed by atoms with van der Waals surface area (Å²) in [5.74, 6) is 0.822. The molecule has 1 heterocycles. The lowest BCUT2D eigenvalue weighted by atomic mass is 10.0. The fraction of sp³-hybridized carbons (Fsp3) is 0.0909. The molecule has 0 unspecified atom stereocenters. The first kappa shape index (κ1) is 16.1. The lowest BCUT2D eigenvalue weighted by Gasteiger charge is -2.09. The summed E-state index contributed by atoms with van der Waals surface area (Å²) in [5, 5.41) is 4.35. The molecule has 0 aliphatic rings. The first-order chi connectivity index (χ1) is 12.8. The van der Waals surface area contributed by atoms with Crippen LogP contribution in [0.25, 0.3) is 22.0 Å². The molecule has 0 radical (unpaired) electrons. The predicted octanol–water partition coefficient (Wildman–Crippen LogP) is 4.53. The summed E-state index contributed by atoms with van der Waals surface area (Å²) in [7, 11) is 0. The van der Waals surface area contributed by atoms with Gasteiger partial charge in [-0.05, 0) is 41.3 Å². The highest BCUT2D eigenvalue weighted by Crippen LogP contribution is 2.22. The number of nitrogens with one attached hydrogen (secondary N) is 1. The zero-order valence-electron chi connectivity index (χ0n) is 14.4. The number of hydrogen-bond donors (Lipinski definition) is 2. The van der Waals surface area contributed by atoms with Crippen LogP contribution in [0.2, 0.25) is 0 Å². The zero-order chi connectivity index (χ0) is 17.8. The van der Waals surface area contributed by atoms with Crippen molar-refractivity contribution < 1.29 is 0 Å². The van der Waals surface area contributed by atoms with Gasteiger partial charge in [0.2, 0.25) is 0 Å². The van der Waals surface area contributed by atoms with Gasteiger partial charge in [-0.2, -0.15) is 0 Å². The Balaban J connectivity index is 1.43. The number of anilines is 2. The molecule has 0 saturated carbocycles. The van der Waals surface area contributed by atoms with E-state index >= 15 is 0 Å². The van der Waals surface area contributed by atoms with Crippen LogP contribution in [-0.2, 0) is 6.42 Å². The third-order valence-electron chi connectivity index (χ3n) is 4.43. The highest BCUT2D eigenvalue weighted by atomic mass is 15.0. The van der Waals surface area contributed by atoms with E-state index in [1.165, 1.54) is 16.7 Å². The van der Waals surface area contributed by atoms with Gasteiger partial charge < -0.3 is 11.1 Å². The molecule has 0 aliphatic heterocycles. The summed E-state index contributed by atoms with van der Waals surface area (Å²) < 4.78 is 0. The van der Waals surface area contributed by atoms with E-state index in [-0.39, 0.29) is 0 Å². The van der Waals surface area contributed by atoms with Gasteiger partial charge >= 0.3 is 0 Å². The Morgan fingerprint density at radius 2 is 1.58 bits per heavy atom. The average Bonchev–Trinajstić information content (AvgIpc) is 2.69. The maximum absolute atomic E-state index is 5.89. The summed E-state index contributed by atoms with van der Waals surface area (Å²) in [4.78, 5) is 8.64. The molecule has 3 N–H and O–H groups in total. The molecule has 4 heteroatoms. The molecule has 0 spiro atoms. The molecule has 128 valence electrons. The Hall–Kier alpha value is -3.40. The van der Waals surface area contributed by atoms with Crippen LogP contribution in [0.15, 0.2) is 79.1 Å². The monoisotopic (exact) mass is 340 g/mol. The van der Waals surface area contributed by atoms with E-state index in [9.17, 15) is 0 Å². The van der Waals surface area contributed by atoms with Crippen molar-refractivity contribution in [2.75, 3.05) is 17.6 Å². The first-order valence-electron chi connectivity index (χ1n) is 8.68. The standard InChI is InChI=1S/C22H20N4/c23-19-10-11-21-20(14-19)22(26-15-25-21)24-13-12-16-6-8-18(9-7-16)17-4-2-1-3-5-17/h1-11,14-15H,12-13,23H2,(H,24,25,26). The van der Waals surface area contributed by atoms with E-state index in [0.717, 1.165) is 29.7 Å². The Morgan fingerprint density at radius 1 is 0.808 bits per heavy atom. The maximum Gasteiger partial charge on any atom is 0.137 e. The van der Waals surface area contributed by atoms with Crippen LogP contribution in [0.4, 0.5) is 11.5 Å². The predicted molar refractivity (Wildman–Crippen MR) is 108 cm³/mol. The molecule has 0 bridgehead atoms. The number of rotatable bonds is 5. The van der Waals surface area contributed by atoms with Crippen molar-refractivity contribution in [1.29, 1.82) is 0 Å². The van der Waals surface area contributed by atoms with Gasteiger partial charge in [-0.1, -0.05) is 54.6 Å². The SMILES string of the molecule is Nc1ccc2ncnc(NCCc3ccc(-c4ccccc4)cc3)c2c1. The topological polar surface area (TPSA) is 63.8 Å². The molecule has 0 amide bonds. The molecule has 4 rings (SSSR count). The summed E-state index contributed by atoms with van der Waals surface area (Å²) in [5.41, 5.74) is 11.3. The van der Waals surface area contributed by atoms with Gasteiger partial charge in [0.25, 0.3) is 0 Å². The van der Waals surface area contributed by atoms with Crippen molar-refractivity contribution in [3.05, 3.63) is 84.7 Å². The second-order valence-corrected chi connectivity index (χ2v) is 6.24. The normalized spacial score (nSPS) is 10.8. The molecule has 0 fully saturated rings. The third kappa shape index (κ3) is 3.49. The van der Waals surface area contributed by atoms with Crippen LogP contribution in [0.5, 0.6) is 0 Å². The van der Waals surface area contributed by atoms with Crippen LogP contribution in [0, 0.1) is 0 Å². The van der Waals surface area contributed by atoms with Crippen LogP contribution < -0.4 is 11.1 Å². The average molecular weight is 340 g/mol. The molecule has 0 aliphatic carbocycles. The zero-order valence-corrected chi connectivity index (χ0v) is 14.4. The van der Waals surface area contributed by atoms with Gasteiger partial charge in [-0.3, -0.25) is 0 Å². The fourth-order valence-corrected chi connectivity index (χ4v) is 3.03. The Morgan fingerprint density at radius 3 is 2.38 bits per heavy atom. The second kappa shape index (κ2) is 7.23. The van der Waals surface area contributed by atoms with Crippen molar-refractivity contribution in [3.8, 4) is 11.1 Å². The molecule has 0 saturated heterocycles. The smallest absolute Gasteiger partial charge is 0.137 e. The maximum atomic E-state index is 5.89. The number of aromatic nitrogens is 2. The van der Waals surface area contributed by atoms with Crippen molar-refractivity contribution in [1.82, 2.24) is 9.97 Å². The van der Waals surface area contributed by atoms with Crippen molar-refractivity contribution in [2.24, 2.45) is 0 Å². The van der Waals surface area contributed by atoms with Crippen molar-refractivity contribution in [3.63, 3.8) is 0 Å². The lowest BCUT2D eigenvalue weighted by Crippen LogP contribution is -2.07. The number of nitrogens with two attached hydrogens (primary N) is 1. The molecular formula is C22H20N4. The van der Waals surface area contributed by atoms with Crippen molar-refractivity contribution >= 4 is 22.4 Å². The minimum atomic E-state index is 0.715. The van der Waals surface area contributed by atoms with Crippen molar-refractivity contribution in [2.45, 2.75) is 6.42 Å². The van der Waals surface area contributed by atoms with E-state index in [1.807, 2.05) is 24.3 Å². The molecule has 0 atom stereocenters. The molecule has 3 aromatic carbocycles. The minimum Gasteiger partial charge on any atom is -0.399 e. The Bertz CT molecular complexity index is 1010. The van der Waals surface area contributed by atoms with Gasteiger partial charge in [0.15, 0.2) is 0 Å². The van der Waals surface area contributed by atoms with E-state index in [1.54, 1.807) is 6.33 Å². The number of benzene rings is 3. The molecular weight excluding hydrogens is 320 g/mol. The number of hydrogen-bond acceptors (Lipinski definition) is 4. The summed E-state index contributed by atoms with van der Waals surface area (Å²) in [6.45, 7) is 0.797. The van der Waals surface area contributed by atoms with Gasteiger partial charge in [0, 0.05) is 17.6 Å². The summed E-state index contributed by atoms with van der Waals surface area (Å²) in [6.07, 6.45) is 2.50. The largest absolute Gasteiger partial charge is 0.399 e. The van der Waals surface area contributed by atoms with Crippen LogP contribution in [-0.4, -0.2) is 16.5 Å². The molecule has 1 aromatic heterocycles. The van der Waals surface area contributed by atoms with Crippen LogP contribution >= 0.6 is 0 Å². The van der Waals surface area contributed by atoms with Gasteiger partial charge in [0.05, 0.1) is 5.52 Å². The van der Waals surface area contributed by atoms with Crippen LogP contribution in [0.3, 0.4) is 0 Å². The van der Waals surface area contributed by atoms with E-state index in [0.29, 0.717) is 5.69 Å². The highest BCUT2D eigenvalue weighted by Gasteiger charge is 2.04. The first-order valence-corrected chi connectivity index (χ1v) is 8.68. The van der Waals surface area contributed by atoms with E-state index in [4.69, 9.17) is 5.73 Å². The summed E-state index contributed by atoms with van der Waals surface area (Å²) >= 11 is 0. The minimum absolute atomic E-state index is 0.715. The third-order valence-corrected chi connectivity index (χ3v) is 4.43. The molecule has 4 nitrogen and oxygen atoms in total. The van der Waals surface area contributed by atoms with Crippen LogP contribution in [0.1, 0.15) is 5.56 Å².